The number of carbonyl (C=O) groups excluding carboxylic acids is 1. The average molecular weight is 434 g/mol. The highest BCUT2D eigenvalue weighted by molar-refractivity contribution is 8.00. The molecule has 162 valence electrons. The number of aromatic nitrogens is 3. The normalized spacial score (nSPS) is 24.6. The van der Waals surface area contributed by atoms with Crippen LogP contribution in [0, 0.1) is 23.6 Å². The van der Waals surface area contributed by atoms with Gasteiger partial charge in [0.25, 0.3) is 0 Å². The van der Waals surface area contributed by atoms with E-state index < -0.39 is 11.1 Å². The van der Waals surface area contributed by atoms with Gasteiger partial charge in [-0.05, 0) is 63.0 Å². The largest absolute Gasteiger partial charge is 0.483 e. The van der Waals surface area contributed by atoms with E-state index in [0.717, 1.165) is 11.8 Å². The van der Waals surface area contributed by atoms with Gasteiger partial charge < -0.3 is 9.47 Å². The molecule has 5 atom stereocenters. The molecule has 1 heterocycles. The molecule has 4 rings (SSSR count). The Kier molecular flexibility index (Phi) is 6.32. The molecule has 0 aliphatic heterocycles. The van der Waals surface area contributed by atoms with Crippen LogP contribution in [-0.4, -0.2) is 33.1 Å². The number of esters is 1. The van der Waals surface area contributed by atoms with Crippen molar-refractivity contribution in [2.24, 2.45) is 17.8 Å². The number of benzene rings is 1. The number of fused-ring (bicyclic) bond motifs is 2. The summed E-state index contributed by atoms with van der Waals surface area (Å²) < 4.78 is 26.7. The number of carbonyl (C=O) groups is 1. The number of rotatable bonds is 8. The van der Waals surface area contributed by atoms with E-state index in [2.05, 4.69) is 21.7 Å². The molecule has 0 radical (unpaired) electrons. The summed E-state index contributed by atoms with van der Waals surface area (Å²) in [7, 11) is 1.38. The zero-order chi connectivity index (χ0) is 21.3. The minimum Gasteiger partial charge on any atom is -0.483 e. The second-order valence-electron chi connectivity index (χ2n) is 8.35. The van der Waals surface area contributed by atoms with Crippen LogP contribution in [0.15, 0.2) is 29.4 Å². The number of para-hydroxylation sites is 1. The van der Waals surface area contributed by atoms with Crippen molar-refractivity contribution in [2.75, 3.05) is 7.11 Å². The Labute approximate surface area is 180 Å². The highest BCUT2D eigenvalue weighted by atomic mass is 32.2. The molecule has 2 aromatic rings. The van der Waals surface area contributed by atoms with Crippen LogP contribution >= 0.6 is 11.8 Å². The first-order chi connectivity index (χ1) is 14.5. The second kappa shape index (κ2) is 8.96. The van der Waals surface area contributed by atoms with E-state index in [1.807, 2.05) is 0 Å². The first kappa shape index (κ1) is 21.2. The molecule has 0 amide bonds. The van der Waals surface area contributed by atoms with Crippen molar-refractivity contribution >= 4 is 17.7 Å². The average Bonchev–Trinajstić information content (AvgIpc) is 3.48. The van der Waals surface area contributed by atoms with Crippen molar-refractivity contribution in [1.29, 1.82) is 0 Å². The van der Waals surface area contributed by atoms with Crippen molar-refractivity contribution in [2.45, 2.75) is 62.6 Å². The standard InChI is InChI=1S/C22H28FN3O3S/c1-13(17-11-15-8-9-16(17)10-15)26-20(12-29-19-7-5-4-6-18(19)23)24-25-22(26)30-14(2)21(27)28-3/h4-7,13-17H,8-12H2,1-3H3. The van der Waals surface area contributed by atoms with Gasteiger partial charge in [-0.2, -0.15) is 0 Å². The van der Waals surface area contributed by atoms with Crippen molar-refractivity contribution in [3.05, 3.63) is 35.9 Å². The SMILES string of the molecule is COC(=O)C(C)Sc1nnc(COc2ccccc2F)n1C(C)C1CC2CCC1C2. The molecule has 2 fully saturated rings. The lowest BCUT2D eigenvalue weighted by atomic mass is 9.84. The number of hydrogen-bond acceptors (Lipinski definition) is 6. The minimum absolute atomic E-state index is 0.117. The number of nitrogens with zero attached hydrogens (tertiary/aromatic N) is 3. The zero-order valence-electron chi connectivity index (χ0n) is 17.6. The number of methoxy groups -OCH3 is 1. The summed E-state index contributed by atoms with van der Waals surface area (Å²) in [6.07, 6.45) is 5.14. The molecular weight excluding hydrogens is 405 g/mol. The molecule has 0 N–H and O–H groups in total. The van der Waals surface area contributed by atoms with Crippen molar-refractivity contribution in [3.8, 4) is 5.75 Å². The fourth-order valence-electron chi connectivity index (χ4n) is 5.05. The number of halogens is 1. The summed E-state index contributed by atoms with van der Waals surface area (Å²) in [6.45, 7) is 4.12. The third-order valence-corrected chi connectivity index (χ3v) is 7.60. The molecule has 2 aliphatic rings. The van der Waals surface area contributed by atoms with Gasteiger partial charge in [-0.1, -0.05) is 30.3 Å². The maximum absolute atomic E-state index is 14.0. The lowest BCUT2D eigenvalue weighted by molar-refractivity contribution is -0.139. The highest BCUT2D eigenvalue weighted by Crippen LogP contribution is 2.52. The molecule has 2 aliphatic carbocycles. The van der Waals surface area contributed by atoms with E-state index in [9.17, 15) is 9.18 Å². The molecule has 30 heavy (non-hydrogen) atoms. The fourth-order valence-corrected chi connectivity index (χ4v) is 6.03. The number of hydrogen-bond donors (Lipinski definition) is 0. The second-order valence-corrected chi connectivity index (χ2v) is 9.66. The third-order valence-electron chi connectivity index (χ3n) is 6.56. The summed E-state index contributed by atoms with van der Waals surface area (Å²) in [6, 6.07) is 6.52. The summed E-state index contributed by atoms with van der Waals surface area (Å²) in [5.41, 5.74) is 0. The van der Waals surface area contributed by atoms with Crippen molar-refractivity contribution in [1.82, 2.24) is 14.8 Å². The van der Waals surface area contributed by atoms with Crippen LogP contribution in [0.4, 0.5) is 4.39 Å². The van der Waals surface area contributed by atoms with Gasteiger partial charge >= 0.3 is 5.97 Å². The van der Waals surface area contributed by atoms with Crippen molar-refractivity contribution in [3.63, 3.8) is 0 Å². The minimum atomic E-state index is -0.404. The maximum atomic E-state index is 14.0. The number of ether oxygens (including phenoxy) is 2. The van der Waals surface area contributed by atoms with Crippen LogP contribution in [0.25, 0.3) is 0 Å². The Hall–Kier alpha value is -2.09. The van der Waals surface area contributed by atoms with Crippen LogP contribution in [0.1, 0.15) is 51.4 Å². The van der Waals surface area contributed by atoms with Crippen molar-refractivity contribution < 1.29 is 18.7 Å². The summed E-state index contributed by atoms with van der Waals surface area (Å²) in [4.78, 5) is 11.9. The Morgan fingerprint density at radius 1 is 1.27 bits per heavy atom. The van der Waals surface area contributed by atoms with Crippen LogP contribution in [0.5, 0.6) is 5.75 Å². The summed E-state index contributed by atoms with van der Waals surface area (Å²) in [5.74, 6) is 2.24. The van der Waals surface area contributed by atoms with Gasteiger partial charge in [-0.15, -0.1) is 10.2 Å². The van der Waals surface area contributed by atoms with E-state index in [-0.39, 0.29) is 24.4 Å². The quantitative estimate of drug-likeness (QED) is 0.446. The first-order valence-electron chi connectivity index (χ1n) is 10.5. The lowest BCUT2D eigenvalue weighted by Gasteiger charge is -2.30. The molecule has 0 saturated heterocycles. The van der Waals surface area contributed by atoms with E-state index >= 15 is 0 Å². The van der Waals surface area contributed by atoms with Gasteiger partial charge in [0.2, 0.25) is 0 Å². The monoisotopic (exact) mass is 433 g/mol. The molecule has 5 unspecified atom stereocenters. The van der Waals surface area contributed by atoms with E-state index in [0.29, 0.717) is 16.9 Å². The number of thioether (sulfide) groups is 1. The Morgan fingerprint density at radius 3 is 2.73 bits per heavy atom. The first-order valence-corrected chi connectivity index (χ1v) is 11.4. The van der Waals surface area contributed by atoms with E-state index in [1.165, 1.54) is 50.6 Å². The molecule has 8 heteroatoms. The van der Waals surface area contributed by atoms with Gasteiger partial charge in [-0.25, -0.2) is 4.39 Å². The molecule has 1 aromatic carbocycles. The third kappa shape index (κ3) is 4.19. The van der Waals surface area contributed by atoms with Crippen LogP contribution in [0.3, 0.4) is 0 Å². The molecule has 0 spiro atoms. The molecule has 1 aromatic heterocycles. The summed E-state index contributed by atoms with van der Waals surface area (Å²) >= 11 is 1.34. The van der Waals surface area contributed by atoms with Gasteiger partial charge in [0, 0.05) is 6.04 Å². The fraction of sp³-hybridized carbons (Fsp3) is 0.591. The Bertz CT molecular complexity index is 906. The topological polar surface area (TPSA) is 66.2 Å². The summed E-state index contributed by atoms with van der Waals surface area (Å²) in [5, 5.41) is 8.98. The highest BCUT2D eigenvalue weighted by Gasteiger charge is 2.43. The van der Waals surface area contributed by atoms with Gasteiger partial charge in [0.15, 0.2) is 22.5 Å². The van der Waals surface area contributed by atoms with Crippen LogP contribution in [-0.2, 0) is 16.1 Å². The lowest BCUT2D eigenvalue weighted by Crippen LogP contribution is -2.25. The zero-order valence-corrected chi connectivity index (χ0v) is 18.4. The van der Waals surface area contributed by atoms with E-state index in [1.54, 1.807) is 25.1 Å². The Morgan fingerprint density at radius 2 is 2.07 bits per heavy atom. The molecule has 2 bridgehead atoms. The molecule has 6 nitrogen and oxygen atoms in total. The predicted molar refractivity (Wildman–Crippen MR) is 112 cm³/mol. The predicted octanol–water partition coefficient (Wildman–Crippen LogP) is 4.65. The van der Waals surface area contributed by atoms with Crippen LogP contribution < -0.4 is 4.74 Å². The maximum Gasteiger partial charge on any atom is 0.318 e. The smallest absolute Gasteiger partial charge is 0.318 e. The van der Waals surface area contributed by atoms with Gasteiger partial charge in [0.1, 0.15) is 11.9 Å². The molecule has 2 saturated carbocycles. The van der Waals surface area contributed by atoms with Gasteiger partial charge in [0.05, 0.1) is 7.11 Å². The molecular formula is C22H28FN3O3S. The van der Waals surface area contributed by atoms with E-state index in [4.69, 9.17) is 9.47 Å². The van der Waals surface area contributed by atoms with Crippen LogP contribution in [0.2, 0.25) is 0 Å². The Balaban J connectivity index is 1.59. The van der Waals surface area contributed by atoms with Gasteiger partial charge in [-0.3, -0.25) is 9.36 Å².